The molecule has 1 saturated heterocycles. The van der Waals surface area contributed by atoms with Crippen molar-refractivity contribution in [3.8, 4) is 0 Å². The molecule has 19 heavy (non-hydrogen) atoms. The highest BCUT2D eigenvalue weighted by Crippen LogP contribution is 2.28. The SMILES string of the molecule is Cc1noc(C)c1C(C)NC(=O)C1(C)CCCNC1. The van der Waals surface area contributed by atoms with E-state index in [0.717, 1.165) is 42.9 Å². The fourth-order valence-corrected chi connectivity index (χ4v) is 2.80. The molecule has 5 nitrogen and oxygen atoms in total. The van der Waals surface area contributed by atoms with E-state index in [0.29, 0.717) is 0 Å². The van der Waals surface area contributed by atoms with Crippen molar-refractivity contribution < 1.29 is 9.32 Å². The van der Waals surface area contributed by atoms with Crippen molar-refractivity contribution in [2.45, 2.75) is 46.6 Å². The van der Waals surface area contributed by atoms with Crippen LogP contribution in [0.2, 0.25) is 0 Å². The van der Waals surface area contributed by atoms with Crippen molar-refractivity contribution in [3.63, 3.8) is 0 Å². The lowest BCUT2D eigenvalue weighted by atomic mass is 9.81. The first-order valence-electron chi connectivity index (χ1n) is 6.88. The number of aryl methyl sites for hydroxylation is 2. The van der Waals surface area contributed by atoms with E-state index in [1.807, 2.05) is 27.7 Å². The number of carbonyl (C=O) groups is 1. The van der Waals surface area contributed by atoms with Crippen LogP contribution in [0.1, 0.15) is 49.7 Å². The number of amides is 1. The number of hydrogen-bond acceptors (Lipinski definition) is 4. The highest BCUT2D eigenvalue weighted by atomic mass is 16.5. The van der Waals surface area contributed by atoms with Gasteiger partial charge < -0.3 is 15.2 Å². The maximum atomic E-state index is 12.4. The summed E-state index contributed by atoms with van der Waals surface area (Å²) in [5, 5.41) is 10.3. The number of rotatable bonds is 3. The van der Waals surface area contributed by atoms with Crippen LogP contribution in [0.4, 0.5) is 0 Å². The Hall–Kier alpha value is -1.36. The quantitative estimate of drug-likeness (QED) is 0.875. The van der Waals surface area contributed by atoms with Crippen LogP contribution in [0.3, 0.4) is 0 Å². The second-order valence-corrected chi connectivity index (χ2v) is 5.77. The van der Waals surface area contributed by atoms with Gasteiger partial charge in [0.15, 0.2) is 0 Å². The molecule has 106 valence electrons. The fourth-order valence-electron chi connectivity index (χ4n) is 2.80. The lowest BCUT2D eigenvalue weighted by molar-refractivity contribution is -0.131. The van der Waals surface area contributed by atoms with Gasteiger partial charge in [-0.25, -0.2) is 0 Å². The summed E-state index contributed by atoms with van der Waals surface area (Å²) >= 11 is 0. The minimum atomic E-state index is -0.314. The van der Waals surface area contributed by atoms with Crippen LogP contribution in [0, 0.1) is 19.3 Å². The van der Waals surface area contributed by atoms with E-state index < -0.39 is 0 Å². The van der Waals surface area contributed by atoms with E-state index in [1.54, 1.807) is 0 Å². The molecule has 2 rings (SSSR count). The Kier molecular flexibility index (Phi) is 3.94. The van der Waals surface area contributed by atoms with E-state index in [9.17, 15) is 4.79 Å². The number of piperidine rings is 1. The molecule has 0 bridgehead atoms. The Labute approximate surface area is 114 Å². The Morgan fingerprint density at radius 3 is 2.79 bits per heavy atom. The minimum absolute atomic E-state index is 0.0718. The zero-order chi connectivity index (χ0) is 14.0. The van der Waals surface area contributed by atoms with Gasteiger partial charge in [-0.2, -0.15) is 0 Å². The molecule has 0 aliphatic carbocycles. The van der Waals surface area contributed by atoms with Gasteiger partial charge in [-0.05, 0) is 47.1 Å². The molecule has 2 N–H and O–H groups in total. The number of carbonyl (C=O) groups excluding carboxylic acids is 1. The third kappa shape index (κ3) is 2.81. The first-order valence-corrected chi connectivity index (χ1v) is 6.88. The van der Waals surface area contributed by atoms with Crippen LogP contribution in [0.25, 0.3) is 0 Å². The van der Waals surface area contributed by atoms with Crippen LogP contribution in [-0.4, -0.2) is 24.2 Å². The Bertz CT molecular complexity index is 442. The van der Waals surface area contributed by atoms with Crippen LogP contribution < -0.4 is 10.6 Å². The molecular weight excluding hydrogens is 242 g/mol. The zero-order valence-electron chi connectivity index (χ0n) is 12.2. The first-order chi connectivity index (χ1) is 8.94. The maximum absolute atomic E-state index is 12.4. The molecule has 0 aromatic carbocycles. The van der Waals surface area contributed by atoms with E-state index in [1.165, 1.54) is 0 Å². The highest BCUT2D eigenvalue weighted by Gasteiger charge is 2.35. The maximum Gasteiger partial charge on any atom is 0.227 e. The Balaban J connectivity index is 2.06. The van der Waals surface area contributed by atoms with Gasteiger partial charge in [-0.3, -0.25) is 4.79 Å². The number of nitrogens with one attached hydrogen (secondary N) is 2. The summed E-state index contributed by atoms with van der Waals surface area (Å²) < 4.78 is 5.15. The molecule has 2 unspecified atom stereocenters. The third-order valence-electron chi connectivity index (χ3n) is 4.01. The minimum Gasteiger partial charge on any atom is -0.361 e. The molecular formula is C14H23N3O2. The van der Waals surface area contributed by atoms with E-state index in [4.69, 9.17) is 4.52 Å². The molecule has 0 saturated carbocycles. The number of aromatic nitrogens is 1. The number of nitrogens with zero attached hydrogens (tertiary/aromatic N) is 1. The van der Waals surface area contributed by atoms with Crippen molar-refractivity contribution in [2.75, 3.05) is 13.1 Å². The molecule has 5 heteroatoms. The summed E-state index contributed by atoms with van der Waals surface area (Å²) in [6, 6.07) is -0.0718. The lowest BCUT2D eigenvalue weighted by Gasteiger charge is -2.33. The van der Waals surface area contributed by atoms with Crippen LogP contribution >= 0.6 is 0 Å². The molecule has 1 aliphatic heterocycles. The fraction of sp³-hybridized carbons (Fsp3) is 0.714. The van der Waals surface area contributed by atoms with Gasteiger partial charge in [0, 0.05) is 12.1 Å². The van der Waals surface area contributed by atoms with Crippen LogP contribution in [-0.2, 0) is 4.79 Å². The average Bonchev–Trinajstić information content (AvgIpc) is 2.70. The number of hydrogen-bond donors (Lipinski definition) is 2. The van der Waals surface area contributed by atoms with Gasteiger partial charge in [0.25, 0.3) is 0 Å². The van der Waals surface area contributed by atoms with E-state index in [2.05, 4.69) is 15.8 Å². The predicted molar refractivity (Wildman–Crippen MR) is 72.7 cm³/mol. The standard InChI is InChI=1S/C14H23N3O2/c1-9(12-10(2)17-19-11(12)3)16-13(18)14(4)6-5-7-15-8-14/h9,15H,5-8H2,1-4H3,(H,16,18). The molecule has 1 aromatic rings. The molecule has 2 atom stereocenters. The molecule has 2 heterocycles. The van der Waals surface area contributed by atoms with Crippen molar-refractivity contribution in [1.82, 2.24) is 15.8 Å². The molecule has 1 amide bonds. The third-order valence-corrected chi connectivity index (χ3v) is 4.01. The van der Waals surface area contributed by atoms with Crippen molar-refractivity contribution >= 4 is 5.91 Å². The zero-order valence-corrected chi connectivity index (χ0v) is 12.2. The lowest BCUT2D eigenvalue weighted by Crippen LogP contribution is -2.49. The summed E-state index contributed by atoms with van der Waals surface area (Å²) in [5.41, 5.74) is 1.52. The molecule has 1 aliphatic rings. The molecule has 0 spiro atoms. The summed E-state index contributed by atoms with van der Waals surface area (Å²) in [6.45, 7) is 9.52. The Morgan fingerprint density at radius 1 is 1.53 bits per heavy atom. The normalized spacial score (nSPS) is 25.1. The summed E-state index contributed by atoms with van der Waals surface area (Å²) in [6.07, 6.45) is 1.98. The second-order valence-electron chi connectivity index (χ2n) is 5.77. The van der Waals surface area contributed by atoms with Crippen molar-refractivity contribution in [2.24, 2.45) is 5.41 Å². The largest absolute Gasteiger partial charge is 0.361 e. The monoisotopic (exact) mass is 265 g/mol. The van der Waals surface area contributed by atoms with Crippen molar-refractivity contribution in [1.29, 1.82) is 0 Å². The second kappa shape index (κ2) is 5.33. The summed E-state index contributed by atoms with van der Waals surface area (Å²) in [5.74, 6) is 0.879. The van der Waals surface area contributed by atoms with Gasteiger partial charge in [-0.15, -0.1) is 0 Å². The topological polar surface area (TPSA) is 67.2 Å². The van der Waals surface area contributed by atoms with Gasteiger partial charge in [-0.1, -0.05) is 5.16 Å². The molecule has 1 fully saturated rings. The van der Waals surface area contributed by atoms with Gasteiger partial charge >= 0.3 is 0 Å². The Morgan fingerprint density at radius 2 is 2.26 bits per heavy atom. The van der Waals surface area contributed by atoms with E-state index >= 15 is 0 Å². The highest BCUT2D eigenvalue weighted by molar-refractivity contribution is 5.83. The van der Waals surface area contributed by atoms with Gasteiger partial charge in [0.2, 0.25) is 5.91 Å². The summed E-state index contributed by atoms with van der Waals surface area (Å²) in [4.78, 5) is 12.4. The van der Waals surface area contributed by atoms with Gasteiger partial charge in [0.1, 0.15) is 5.76 Å². The van der Waals surface area contributed by atoms with Crippen LogP contribution in [0.5, 0.6) is 0 Å². The molecule has 0 radical (unpaired) electrons. The first kappa shape index (κ1) is 14.1. The smallest absolute Gasteiger partial charge is 0.227 e. The average molecular weight is 265 g/mol. The molecule has 1 aromatic heterocycles. The predicted octanol–water partition coefficient (Wildman–Crippen LogP) is 1.86. The van der Waals surface area contributed by atoms with Crippen LogP contribution in [0.15, 0.2) is 4.52 Å². The van der Waals surface area contributed by atoms with E-state index in [-0.39, 0.29) is 17.4 Å². The summed E-state index contributed by atoms with van der Waals surface area (Å²) in [7, 11) is 0. The van der Waals surface area contributed by atoms with Crippen molar-refractivity contribution in [3.05, 3.63) is 17.0 Å². The van der Waals surface area contributed by atoms with Gasteiger partial charge in [0.05, 0.1) is 17.2 Å².